The third kappa shape index (κ3) is 5.60. The van der Waals surface area contributed by atoms with Crippen LogP contribution in [-0.4, -0.2) is 64.8 Å². The van der Waals surface area contributed by atoms with Gasteiger partial charge in [0, 0.05) is 75.6 Å². The van der Waals surface area contributed by atoms with E-state index < -0.39 is 17.5 Å². The Morgan fingerprint density at radius 2 is 1.98 bits per heavy atom. The van der Waals surface area contributed by atoms with E-state index in [1.165, 1.54) is 6.20 Å². The zero-order valence-corrected chi connectivity index (χ0v) is 23.7. The third-order valence-electron chi connectivity index (χ3n) is 8.35. The van der Waals surface area contributed by atoms with Crippen molar-refractivity contribution in [2.45, 2.75) is 38.8 Å². The molecular weight excluding hydrogens is 517 g/mol. The first-order chi connectivity index (χ1) is 19.7. The number of hydrogen-bond acceptors (Lipinski definition) is 5. The van der Waals surface area contributed by atoms with Crippen LogP contribution >= 0.6 is 0 Å². The molecule has 2 aromatic rings. The summed E-state index contributed by atoms with van der Waals surface area (Å²) in [6.45, 7) is 6.24. The standard InChI is InChI=1S/C33H34FN5O2/c1-5-25-11-14-29(35-20-25)33(34)16-19-39(22-24(33)3)32(41)26-8-6-9-28(23(2)10-12-26)37(4)31(40)27-13-15-30(36-21-27)38-17-7-18-38/h1,10-15,20-21,24,26H,7,9,16-19,22H2,2-4H3/b12-10-,28-23+. The second kappa shape index (κ2) is 11.6. The summed E-state index contributed by atoms with van der Waals surface area (Å²) in [5.74, 6) is 8.17. The largest absolute Gasteiger partial charge is 0.356 e. The molecule has 5 rings (SSSR count). The number of terminal acetylenes is 1. The van der Waals surface area contributed by atoms with Crippen LogP contribution in [-0.2, 0) is 10.5 Å². The first kappa shape index (κ1) is 28.1. The molecule has 0 N–H and O–H groups in total. The van der Waals surface area contributed by atoms with E-state index in [1.807, 2.05) is 25.1 Å². The molecule has 0 bridgehead atoms. The van der Waals surface area contributed by atoms with Gasteiger partial charge in [0.1, 0.15) is 11.7 Å². The molecule has 2 fully saturated rings. The number of allylic oxidation sites excluding steroid dienone is 3. The number of amides is 2. The molecule has 8 heteroatoms. The number of nitrogens with zero attached hydrogens (tertiary/aromatic N) is 5. The number of anilines is 1. The fourth-order valence-corrected chi connectivity index (χ4v) is 5.47. The van der Waals surface area contributed by atoms with Gasteiger partial charge in [-0.05, 0) is 43.2 Å². The van der Waals surface area contributed by atoms with Crippen LogP contribution in [0.25, 0.3) is 0 Å². The van der Waals surface area contributed by atoms with Gasteiger partial charge in [-0.3, -0.25) is 14.6 Å². The number of hydrogen-bond donors (Lipinski definition) is 0. The van der Waals surface area contributed by atoms with Gasteiger partial charge in [0.2, 0.25) is 5.91 Å². The molecule has 0 radical (unpaired) electrons. The molecule has 4 heterocycles. The lowest BCUT2D eigenvalue weighted by atomic mass is 9.80. The predicted molar refractivity (Wildman–Crippen MR) is 156 cm³/mol. The van der Waals surface area contributed by atoms with Crippen LogP contribution in [0.2, 0.25) is 0 Å². The lowest BCUT2D eigenvalue weighted by Gasteiger charge is -2.41. The summed E-state index contributed by atoms with van der Waals surface area (Å²) in [6, 6.07) is 7.02. The Hall–Kier alpha value is -4.43. The number of alkyl halides is 1. The molecule has 1 aliphatic carbocycles. The number of aromatic nitrogens is 2. The Labute approximate surface area is 241 Å². The van der Waals surface area contributed by atoms with Gasteiger partial charge < -0.3 is 14.7 Å². The summed E-state index contributed by atoms with van der Waals surface area (Å²) in [7, 11) is 1.73. The second-order valence-electron chi connectivity index (χ2n) is 10.9. The second-order valence-corrected chi connectivity index (χ2v) is 10.9. The Morgan fingerprint density at radius 1 is 1.17 bits per heavy atom. The number of halogens is 1. The Balaban J connectivity index is 1.24. The summed E-state index contributed by atoms with van der Waals surface area (Å²) < 4.78 is 16.0. The van der Waals surface area contributed by atoms with E-state index in [2.05, 4.69) is 32.6 Å². The zero-order chi connectivity index (χ0) is 29.1. The topological polar surface area (TPSA) is 69.6 Å². The molecule has 2 saturated heterocycles. The van der Waals surface area contributed by atoms with Crippen molar-refractivity contribution < 1.29 is 14.0 Å². The van der Waals surface area contributed by atoms with Crippen LogP contribution < -0.4 is 4.90 Å². The summed E-state index contributed by atoms with van der Waals surface area (Å²) in [5.41, 5.74) is 1.44. The maximum Gasteiger partial charge on any atom is 0.259 e. The molecule has 210 valence electrons. The number of piperidine rings is 1. The quantitative estimate of drug-likeness (QED) is 0.518. The van der Waals surface area contributed by atoms with Crippen LogP contribution in [0.15, 0.2) is 60.1 Å². The van der Waals surface area contributed by atoms with E-state index in [9.17, 15) is 9.59 Å². The number of pyridine rings is 2. The molecule has 3 unspecified atom stereocenters. The SMILES string of the molecule is C#Cc1ccc(C2(F)CCN(C(=O)C3C#CC/C(N(C)C(=O)c4ccc(N5CCC5)nc4)=C(C)\C=C/3)CC2C)nc1. The Morgan fingerprint density at radius 3 is 2.59 bits per heavy atom. The highest BCUT2D eigenvalue weighted by atomic mass is 19.1. The number of likely N-dealkylation sites (tertiary alicyclic amines) is 1. The van der Waals surface area contributed by atoms with Crippen LogP contribution in [0, 0.1) is 36.0 Å². The van der Waals surface area contributed by atoms with Crippen molar-refractivity contribution in [3.05, 3.63) is 76.9 Å². The van der Waals surface area contributed by atoms with Gasteiger partial charge in [-0.2, -0.15) is 0 Å². The molecule has 0 saturated carbocycles. The first-order valence-corrected chi connectivity index (χ1v) is 14.0. The van der Waals surface area contributed by atoms with Crippen molar-refractivity contribution in [2.75, 3.05) is 38.1 Å². The minimum atomic E-state index is -1.64. The summed E-state index contributed by atoms with van der Waals surface area (Å²) in [4.78, 5) is 40.8. The smallest absolute Gasteiger partial charge is 0.259 e. The highest BCUT2D eigenvalue weighted by molar-refractivity contribution is 5.95. The fraction of sp³-hybridized carbons (Fsp3) is 0.394. The third-order valence-corrected chi connectivity index (χ3v) is 8.35. The minimum Gasteiger partial charge on any atom is -0.356 e. The van der Waals surface area contributed by atoms with Crippen LogP contribution in [0.4, 0.5) is 10.2 Å². The molecule has 0 aromatic carbocycles. The maximum absolute atomic E-state index is 16.0. The lowest BCUT2D eigenvalue weighted by Crippen LogP contribution is -2.50. The van der Waals surface area contributed by atoms with E-state index in [0.717, 1.165) is 36.6 Å². The monoisotopic (exact) mass is 551 g/mol. The molecule has 3 atom stereocenters. The van der Waals surface area contributed by atoms with E-state index in [-0.39, 0.29) is 31.3 Å². The first-order valence-electron chi connectivity index (χ1n) is 14.0. The molecule has 2 aromatic heterocycles. The van der Waals surface area contributed by atoms with Gasteiger partial charge in [-0.25, -0.2) is 9.37 Å². The number of rotatable bonds is 5. The van der Waals surface area contributed by atoms with Crippen molar-refractivity contribution >= 4 is 17.6 Å². The number of carbonyl (C=O) groups excluding carboxylic acids is 2. The van der Waals surface area contributed by atoms with Gasteiger partial charge in [0.25, 0.3) is 5.91 Å². The van der Waals surface area contributed by atoms with Crippen LogP contribution in [0.5, 0.6) is 0 Å². The van der Waals surface area contributed by atoms with E-state index in [1.54, 1.807) is 48.2 Å². The summed E-state index contributed by atoms with van der Waals surface area (Å²) in [5, 5.41) is 0. The normalized spacial score (nSPS) is 26.4. The molecule has 2 aliphatic heterocycles. The summed E-state index contributed by atoms with van der Waals surface area (Å²) in [6.07, 6.45) is 13.8. The van der Waals surface area contributed by atoms with Crippen molar-refractivity contribution in [2.24, 2.45) is 11.8 Å². The number of carbonyl (C=O) groups is 2. The fourth-order valence-electron chi connectivity index (χ4n) is 5.47. The van der Waals surface area contributed by atoms with Gasteiger partial charge in [0.15, 0.2) is 5.67 Å². The van der Waals surface area contributed by atoms with Crippen LogP contribution in [0.3, 0.4) is 0 Å². The van der Waals surface area contributed by atoms with Gasteiger partial charge in [-0.1, -0.05) is 36.8 Å². The highest BCUT2D eigenvalue weighted by Crippen LogP contribution is 2.40. The maximum atomic E-state index is 16.0. The zero-order valence-electron chi connectivity index (χ0n) is 23.7. The molecule has 7 nitrogen and oxygen atoms in total. The van der Waals surface area contributed by atoms with E-state index >= 15 is 4.39 Å². The van der Waals surface area contributed by atoms with E-state index in [0.29, 0.717) is 23.2 Å². The predicted octanol–water partition coefficient (Wildman–Crippen LogP) is 4.33. The molecule has 2 amide bonds. The van der Waals surface area contributed by atoms with Gasteiger partial charge in [-0.15, -0.1) is 6.42 Å². The Bertz CT molecular complexity index is 1490. The van der Waals surface area contributed by atoms with Crippen molar-refractivity contribution in [3.8, 4) is 24.2 Å². The van der Waals surface area contributed by atoms with Crippen molar-refractivity contribution in [1.82, 2.24) is 19.8 Å². The van der Waals surface area contributed by atoms with E-state index in [4.69, 9.17) is 6.42 Å². The van der Waals surface area contributed by atoms with Gasteiger partial charge in [0.05, 0.1) is 11.3 Å². The average Bonchev–Trinajstić information content (AvgIpc) is 2.95. The van der Waals surface area contributed by atoms with Crippen molar-refractivity contribution in [1.29, 1.82) is 0 Å². The molecule has 0 spiro atoms. The van der Waals surface area contributed by atoms with Gasteiger partial charge >= 0.3 is 0 Å². The Kier molecular flexibility index (Phi) is 7.94. The molecule has 3 aliphatic rings. The van der Waals surface area contributed by atoms with Crippen LogP contribution in [0.1, 0.15) is 54.7 Å². The summed E-state index contributed by atoms with van der Waals surface area (Å²) >= 11 is 0. The minimum absolute atomic E-state index is 0.146. The molecule has 41 heavy (non-hydrogen) atoms. The lowest BCUT2D eigenvalue weighted by molar-refractivity contribution is -0.137. The molecular formula is C33H34FN5O2. The average molecular weight is 552 g/mol. The van der Waals surface area contributed by atoms with Crippen molar-refractivity contribution in [3.63, 3.8) is 0 Å². The highest BCUT2D eigenvalue weighted by Gasteiger charge is 2.45.